The van der Waals surface area contributed by atoms with Crippen molar-refractivity contribution in [2.75, 3.05) is 19.6 Å². The molecule has 0 spiro atoms. The van der Waals surface area contributed by atoms with Gasteiger partial charge >= 0.3 is 0 Å². The first-order valence-electron chi connectivity index (χ1n) is 3.61. The fourth-order valence-corrected chi connectivity index (χ4v) is 1.29. The predicted octanol–water partition coefficient (Wildman–Crippen LogP) is 1.64. The summed E-state index contributed by atoms with van der Waals surface area (Å²) in [6.45, 7) is 0. The summed E-state index contributed by atoms with van der Waals surface area (Å²) in [5, 5.41) is 0.407. The van der Waals surface area contributed by atoms with E-state index in [-0.39, 0.29) is 0 Å². The normalized spacial score (nSPS) is 9.54. The summed E-state index contributed by atoms with van der Waals surface area (Å²) in [5.41, 5.74) is 3.05. The summed E-state index contributed by atoms with van der Waals surface area (Å²) in [6.07, 6.45) is 0. The van der Waals surface area contributed by atoms with Crippen LogP contribution in [0.25, 0.3) is 0 Å². The van der Waals surface area contributed by atoms with Crippen LogP contribution in [0.15, 0.2) is 12.1 Å². The van der Waals surface area contributed by atoms with E-state index in [1.54, 1.807) is 19.2 Å². The molecule has 0 aromatic heterocycles. The molecule has 0 fully saturated rings. The second-order valence-corrected chi connectivity index (χ2v) is 2.68. The number of benzene rings is 1. The molecule has 4 nitrogen and oxygen atoms in total. The van der Waals surface area contributed by atoms with Crippen LogP contribution in [0.2, 0.25) is 5.02 Å². The molecule has 0 bridgehead atoms. The van der Waals surface area contributed by atoms with Gasteiger partial charge in [0.25, 0.3) is 0 Å². The number of methoxy groups -OCH3 is 2. The highest BCUT2D eigenvalue weighted by Gasteiger charge is 2.11. The van der Waals surface area contributed by atoms with Crippen LogP contribution in [0.1, 0.15) is 0 Å². The maximum atomic E-state index is 5.95. The first-order valence-corrected chi connectivity index (χ1v) is 3.99. The highest BCUT2D eigenvalue weighted by Crippen LogP contribution is 2.39. The lowest BCUT2D eigenvalue weighted by atomic mass is 10.3. The average Bonchev–Trinajstić information content (AvgIpc) is 2.17. The molecule has 0 heterocycles. The highest BCUT2D eigenvalue weighted by molar-refractivity contribution is 6.35. The van der Waals surface area contributed by atoms with E-state index < -0.39 is 0 Å². The molecule has 5 heteroatoms. The molecule has 0 amide bonds. The number of nitrogens with two attached hydrogens (primary N) is 1. The van der Waals surface area contributed by atoms with Crippen molar-refractivity contribution in [2.45, 2.75) is 0 Å². The van der Waals surface area contributed by atoms with Crippen LogP contribution < -0.4 is 20.7 Å². The Morgan fingerprint density at radius 2 is 2.00 bits per heavy atom. The zero-order chi connectivity index (χ0) is 9.84. The Morgan fingerprint density at radius 3 is 2.46 bits per heavy atom. The monoisotopic (exact) mass is 202 g/mol. The third kappa shape index (κ3) is 1.79. The van der Waals surface area contributed by atoms with Crippen molar-refractivity contribution in [3.8, 4) is 11.5 Å². The molecule has 1 aromatic rings. The lowest BCUT2D eigenvalue weighted by molar-refractivity contribution is 0.355. The number of rotatable bonds is 3. The molecule has 0 saturated heterocycles. The summed E-state index contributed by atoms with van der Waals surface area (Å²) >= 11 is 5.95. The molecule has 3 N–H and O–H groups in total. The lowest BCUT2D eigenvalue weighted by Gasteiger charge is -2.11. The number of nitrogen functional groups attached to an aromatic ring is 1. The summed E-state index contributed by atoms with van der Waals surface area (Å²) < 4.78 is 10.1. The molecule has 13 heavy (non-hydrogen) atoms. The second kappa shape index (κ2) is 4.20. The number of hydrazine groups is 1. The summed E-state index contributed by atoms with van der Waals surface area (Å²) in [6, 6.07) is 3.43. The van der Waals surface area contributed by atoms with Crippen LogP contribution in [-0.4, -0.2) is 14.2 Å². The van der Waals surface area contributed by atoms with Gasteiger partial charge in [0.1, 0.15) is 5.02 Å². The number of anilines is 1. The smallest absolute Gasteiger partial charge is 0.181 e. The highest BCUT2D eigenvalue weighted by atomic mass is 35.5. The predicted molar refractivity (Wildman–Crippen MR) is 52.4 cm³/mol. The van der Waals surface area contributed by atoms with Gasteiger partial charge in [-0.05, 0) is 12.1 Å². The lowest BCUT2D eigenvalue weighted by Crippen LogP contribution is -2.07. The van der Waals surface area contributed by atoms with Gasteiger partial charge in [-0.1, -0.05) is 11.6 Å². The zero-order valence-electron chi connectivity index (χ0n) is 7.43. The van der Waals surface area contributed by atoms with Gasteiger partial charge < -0.3 is 14.9 Å². The fourth-order valence-electron chi connectivity index (χ4n) is 1.00. The Kier molecular flexibility index (Phi) is 3.22. The third-order valence-electron chi connectivity index (χ3n) is 1.64. The van der Waals surface area contributed by atoms with Crippen molar-refractivity contribution in [2.24, 2.45) is 5.84 Å². The Morgan fingerprint density at radius 1 is 1.31 bits per heavy atom. The number of nitrogens with one attached hydrogen (secondary N) is 1. The van der Waals surface area contributed by atoms with Crippen molar-refractivity contribution in [1.29, 1.82) is 0 Å². The van der Waals surface area contributed by atoms with Crippen molar-refractivity contribution in [3.05, 3.63) is 17.2 Å². The molecule has 0 aliphatic rings. The minimum Gasteiger partial charge on any atom is -0.493 e. The molecule has 1 aromatic carbocycles. The second-order valence-electron chi connectivity index (χ2n) is 2.31. The van der Waals surface area contributed by atoms with Gasteiger partial charge in [0, 0.05) is 0 Å². The minimum absolute atomic E-state index is 0.407. The molecule has 1 rings (SSSR count). The van der Waals surface area contributed by atoms with E-state index in [1.807, 2.05) is 0 Å². The van der Waals surface area contributed by atoms with Crippen LogP contribution in [0.3, 0.4) is 0 Å². The SMILES string of the molecule is COc1ccc(NN)c(Cl)c1OC. The van der Waals surface area contributed by atoms with E-state index in [9.17, 15) is 0 Å². The van der Waals surface area contributed by atoms with Gasteiger partial charge in [0.15, 0.2) is 11.5 Å². The Hall–Kier alpha value is -1.13. The van der Waals surface area contributed by atoms with Crippen molar-refractivity contribution in [3.63, 3.8) is 0 Å². The average molecular weight is 203 g/mol. The maximum absolute atomic E-state index is 5.95. The van der Waals surface area contributed by atoms with E-state index in [0.29, 0.717) is 22.2 Å². The van der Waals surface area contributed by atoms with Gasteiger partial charge in [-0.15, -0.1) is 0 Å². The quantitative estimate of drug-likeness (QED) is 0.578. The van der Waals surface area contributed by atoms with Crippen LogP contribution in [0, 0.1) is 0 Å². The topological polar surface area (TPSA) is 56.5 Å². The van der Waals surface area contributed by atoms with Gasteiger partial charge in [0.2, 0.25) is 0 Å². The van der Waals surface area contributed by atoms with E-state index in [4.69, 9.17) is 26.9 Å². The summed E-state index contributed by atoms with van der Waals surface area (Å²) in [4.78, 5) is 0. The van der Waals surface area contributed by atoms with E-state index in [2.05, 4.69) is 5.43 Å². The van der Waals surface area contributed by atoms with E-state index >= 15 is 0 Å². The zero-order valence-corrected chi connectivity index (χ0v) is 8.18. The van der Waals surface area contributed by atoms with Gasteiger partial charge in [-0.2, -0.15) is 0 Å². The van der Waals surface area contributed by atoms with E-state index in [1.165, 1.54) is 7.11 Å². The molecule has 72 valence electrons. The molecular formula is C8H11ClN2O2. The number of ether oxygens (including phenoxy) is 2. The van der Waals surface area contributed by atoms with Crippen molar-refractivity contribution >= 4 is 17.3 Å². The molecule has 0 aliphatic carbocycles. The van der Waals surface area contributed by atoms with E-state index in [0.717, 1.165) is 0 Å². The Bertz CT molecular complexity index is 304. The largest absolute Gasteiger partial charge is 0.493 e. The first kappa shape index (κ1) is 9.95. The number of halogens is 1. The van der Waals surface area contributed by atoms with Crippen LogP contribution >= 0.6 is 11.6 Å². The molecular weight excluding hydrogens is 192 g/mol. The molecule has 0 saturated carbocycles. The van der Waals surface area contributed by atoms with Crippen molar-refractivity contribution in [1.82, 2.24) is 0 Å². The maximum Gasteiger partial charge on any atom is 0.181 e. The first-order chi connectivity index (χ1) is 6.24. The van der Waals surface area contributed by atoms with Crippen LogP contribution in [0.5, 0.6) is 11.5 Å². The number of hydrogen-bond acceptors (Lipinski definition) is 4. The molecule has 0 unspecified atom stereocenters. The Balaban J connectivity index is 3.23. The summed E-state index contributed by atoms with van der Waals surface area (Å²) in [5.74, 6) is 6.28. The molecule has 0 aliphatic heterocycles. The van der Waals surface area contributed by atoms with Crippen LogP contribution in [-0.2, 0) is 0 Å². The number of hydrogen-bond donors (Lipinski definition) is 2. The molecule has 0 radical (unpaired) electrons. The minimum atomic E-state index is 0.407. The summed E-state index contributed by atoms with van der Waals surface area (Å²) in [7, 11) is 3.06. The Labute approximate surface area is 81.6 Å². The van der Waals surface area contributed by atoms with Crippen molar-refractivity contribution < 1.29 is 9.47 Å². The van der Waals surface area contributed by atoms with Crippen LogP contribution in [0.4, 0.5) is 5.69 Å². The van der Waals surface area contributed by atoms with Gasteiger partial charge in [0.05, 0.1) is 19.9 Å². The molecule has 0 atom stereocenters. The fraction of sp³-hybridized carbons (Fsp3) is 0.250. The standard InChI is InChI=1S/C8H11ClN2O2/c1-12-6-4-3-5(11-10)7(9)8(6)13-2/h3-4,11H,10H2,1-2H3. The van der Waals surface area contributed by atoms with Gasteiger partial charge in [-0.25, -0.2) is 0 Å². The van der Waals surface area contributed by atoms with Gasteiger partial charge in [-0.3, -0.25) is 5.84 Å². The third-order valence-corrected chi connectivity index (χ3v) is 2.02.